The molecule has 1 aliphatic heterocycles. The number of rotatable bonds is 6. The van der Waals surface area contributed by atoms with Crippen LogP contribution < -0.4 is 4.72 Å². The van der Waals surface area contributed by atoms with Gasteiger partial charge in [-0.3, -0.25) is 4.79 Å². The van der Waals surface area contributed by atoms with E-state index in [4.69, 9.17) is 9.15 Å². The van der Waals surface area contributed by atoms with Gasteiger partial charge in [0.1, 0.15) is 5.76 Å². The van der Waals surface area contributed by atoms with Crippen LogP contribution in [0.2, 0.25) is 0 Å². The summed E-state index contributed by atoms with van der Waals surface area (Å²) >= 11 is 0. The standard InChI is InChI=1S/C20H24N2O5S/c1-20(2)15-26-13-11-22(20)19(23)10-7-16-5-8-18(9-6-16)28(24,25)21-14-17-4-3-12-27-17/h3-10,12,21H,11,13-15H2,1-2H3. The molecule has 2 aromatic rings. The Labute approximate surface area is 165 Å². The Morgan fingerprint density at radius 2 is 2.00 bits per heavy atom. The van der Waals surface area contributed by atoms with Gasteiger partial charge in [-0.05, 0) is 49.8 Å². The van der Waals surface area contributed by atoms with Crippen LogP contribution in [0.3, 0.4) is 0 Å². The van der Waals surface area contributed by atoms with E-state index in [1.54, 1.807) is 35.2 Å². The molecule has 150 valence electrons. The number of nitrogens with one attached hydrogen (secondary N) is 1. The molecule has 0 bridgehead atoms. The van der Waals surface area contributed by atoms with Crippen LogP contribution in [0.1, 0.15) is 25.2 Å². The highest BCUT2D eigenvalue weighted by Gasteiger charge is 2.32. The number of amides is 1. The van der Waals surface area contributed by atoms with Gasteiger partial charge in [0.25, 0.3) is 0 Å². The van der Waals surface area contributed by atoms with Crippen LogP contribution in [0, 0.1) is 0 Å². The quantitative estimate of drug-likeness (QED) is 0.747. The molecule has 1 aromatic heterocycles. The van der Waals surface area contributed by atoms with Crippen LogP contribution in [0.5, 0.6) is 0 Å². The molecule has 1 aromatic carbocycles. The first-order chi connectivity index (χ1) is 13.3. The second kappa shape index (κ2) is 8.30. The second-order valence-corrected chi connectivity index (χ2v) is 8.93. The number of carbonyl (C=O) groups is 1. The van der Waals surface area contributed by atoms with E-state index in [1.165, 1.54) is 24.5 Å². The maximum absolute atomic E-state index is 12.5. The summed E-state index contributed by atoms with van der Waals surface area (Å²) in [6.45, 7) is 5.60. The van der Waals surface area contributed by atoms with Gasteiger partial charge in [-0.2, -0.15) is 0 Å². The molecule has 1 N–H and O–H groups in total. The van der Waals surface area contributed by atoms with Gasteiger partial charge in [0.2, 0.25) is 15.9 Å². The summed E-state index contributed by atoms with van der Waals surface area (Å²) in [6.07, 6.45) is 4.68. The molecule has 3 rings (SSSR count). The second-order valence-electron chi connectivity index (χ2n) is 7.16. The van der Waals surface area contributed by atoms with Crippen LogP contribution in [0.15, 0.2) is 58.1 Å². The van der Waals surface area contributed by atoms with Gasteiger partial charge in [-0.25, -0.2) is 13.1 Å². The largest absolute Gasteiger partial charge is 0.468 e. The number of benzene rings is 1. The highest BCUT2D eigenvalue weighted by atomic mass is 32.2. The molecule has 0 unspecified atom stereocenters. The van der Waals surface area contributed by atoms with Crippen LogP contribution in [0.25, 0.3) is 6.08 Å². The monoisotopic (exact) mass is 404 g/mol. The van der Waals surface area contributed by atoms with Crippen LogP contribution in [-0.4, -0.2) is 44.5 Å². The van der Waals surface area contributed by atoms with Gasteiger partial charge < -0.3 is 14.1 Å². The fourth-order valence-electron chi connectivity index (χ4n) is 2.95. The van der Waals surface area contributed by atoms with Crippen molar-refractivity contribution in [3.63, 3.8) is 0 Å². The number of sulfonamides is 1. The van der Waals surface area contributed by atoms with Gasteiger partial charge in [-0.15, -0.1) is 0 Å². The number of hydrogen-bond donors (Lipinski definition) is 1. The fraction of sp³-hybridized carbons (Fsp3) is 0.350. The van der Waals surface area contributed by atoms with E-state index < -0.39 is 10.0 Å². The molecule has 28 heavy (non-hydrogen) atoms. The molecule has 7 nitrogen and oxygen atoms in total. The van der Waals surface area contributed by atoms with Crippen LogP contribution in [0.4, 0.5) is 0 Å². The third-order valence-electron chi connectivity index (χ3n) is 4.54. The first-order valence-corrected chi connectivity index (χ1v) is 10.5. The highest BCUT2D eigenvalue weighted by Crippen LogP contribution is 2.20. The van der Waals surface area contributed by atoms with Crippen molar-refractivity contribution in [2.24, 2.45) is 0 Å². The summed E-state index contributed by atoms with van der Waals surface area (Å²) in [4.78, 5) is 14.4. The molecule has 0 atom stereocenters. The third-order valence-corrected chi connectivity index (χ3v) is 5.95. The molecule has 2 heterocycles. The minimum Gasteiger partial charge on any atom is -0.468 e. The maximum atomic E-state index is 12.5. The maximum Gasteiger partial charge on any atom is 0.247 e. The van der Waals surface area contributed by atoms with E-state index in [9.17, 15) is 13.2 Å². The summed E-state index contributed by atoms with van der Waals surface area (Å²) in [5, 5.41) is 0. The zero-order valence-corrected chi connectivity index (χ0v) is 16.7. The van der Waals surface area contributed by atoms with Crippen molar-refractivity contribution in [2.45, 2.75) is 30.8 Å². The van der Waals surface area contributed by atoms with E-state index in [1.807, 2.05) is 13.8 Å². The van der Waals surface area contributed by atoms with Crippen molar-refractivity contribution >= 4 is 22.0 Å². The van der Waals surface area contributed by atoms with Gasteiger partial charge in [0, 0.05) is 12.6 Å². The molecule has 1 fully saturated rings. The van der Waals surface area contributed by atoms with Crippen molar-refractivity contribution in [2.75, 3.05) is 19.8 Å². The van der Waals surface area contributed by atoms with Crippen molar-refractivity contribution < 1.29 is 22.4 Å². The first-order valence-electron chi connectivity index (χ1n) is 8.97. The number of nitrogens with zero attached hydrogens (tertiary/aromatic N) is 1. The summed E-state index contributed by atoms with van der Waals surface area (Å²) in [5.41, 5.74) is 0.390. The number of carbonyl (C=O) groups excluding carboxylic acids is 1. The number of furan rings is 1. The minimum atomic E-state index is -3.64. The predicted octanol–water partition coefficient (Wildman–Crippen LogP) is 2.41. The molecular formula is C20H24N2O5S. The Morgan fingerprint density at radius 1 is 1.25 bits per heavy atom. The van der Waals surface area contributed by atoms with Crippen molar-refractivity contribution in [3.05, 3.63) is 60.1 Å². The Balaban J connectivity index is 1.63. The molecular weight excluding hydrogens is 380 g/mol. The van der Waals surface area contributed by atoms with Gasteiger partial charge in [0.15, 0.2) is 0 Å². The lowest BCUT2D eigenvalue weighted by atomic mass is 10.0. The Bertz CT molecular complexity index is 931. The smallest absolute Gasteiger partial charge is 0.247 e. The zero-order valence-electron chi connectivity index (χ0n) is 15.9. The normalized spacial score (nSPS) is 17.1. The Kier molecular flexibility index (Phi) is 6.02. The number of hydrogen-bond acceptors (Lipinski definition) is 5. The molecule has 1 saturated heterocycles. The fourth-order valence-corrected chi connectivity index (χ4v) is 3.94. The topological polar surface area (TPSA) is 88.8 Å². The Morgan fingerprint density at radius 3 is 2.64 bits per heavy atom. The molecule has 0 radical (unpaired) electrons. The SMILES string of the molecule is CC1(C)COCCN1C(=O)C=Cc1ccc(S(=O)(=O)NCc2ccco2)cc1. The van der Waals surface area contributed by atoms with Crippen molar-refractivity contribution in [1.82, 2.24) is 9.62 Å². The van der Waals surface area contributed by atoms with E-state index in [2.05, 4.69) is 4.72 Å². The van der Waals surface area contributed by atoms with E-state index in [0.717, 1.165) is 5.56 Å². The third kappa shape index (κ3) is 4.89. The lowest BCUT2D eigenvalue weighted by Gasteiger charge is -2.41. The molecule has 0 saturated carbocycles. The summed E-state index contributed by atoms with van der Waals surface area (Å²) in [7, 11) is -3.64. The van der Waals surface area contributed by atoms with Crippen LogP contribution >= 0.6 is 0 Å². The lowest BCUT2D eigenvalue weighted by molar-refractivity contribution is -0.140. The Hall–Kier alpha value is -2.42. The molecule has 8 heteroatoms. The first kappa shape index (κ1) is 20.3. The van der Waals surface area contributed by atoms with Crippen molar-refractivity contribution in [3.8, 4) is 0 Å². The summed E-state index contributed by atoms with van der Waals surface area (Å²) < 4.78 is 37.7. The van der Waals surface area contributed by atoms with E-state index in [-0.39, 0.29) is 22.9 Å². The number of morpholine rings is 1. The molecule has 0 aliphatic carbocycles. The minimum absolute atomic E-state index is 0.0842. The highest BCUT2D eigenvalue weighted by molar-refractivity contribution is 7.89. The zero-order chi connectivity index (χ0) is 20.2. The van der Waals surface area contributed by atoms with E-state index >= 15 is 0 Å². The average Bonchev–Trinajstić information content (AvgIpc) is 3.18. The van der Waals surface area contributed by atoms with Gasteiger partial charge >= 0.3 is 0 Å². The van der Waals surface area contributed by atoms with Crippen LogP contribution in [-0.2, 0) is 26.1 Å². The average molecular weight is 404 g/mol. The van der Waals surface area contributed by atoms with Gasteiger partial charge in [0.05, 0.1) is 36.5 Å². The molecule has 1 aliphatic rings. The molecule has 0 spiro atoms. The summed E-state index contributed by atoms with van der Waals surface area (Å²) in [6, 6.07) is 9.74. The van der Waals surface area contributed by atoms with E-state index in [0.29, 0.717) is 25.5 Å². The predicted molar refractivity (Wildman–Crippen MR) is 105 cm³/mol. The van der Waals surface area contributed by atoms with Gasteiger partial charge in [-0.1, -0.05) is 12.1 Å². The molecule has 1 amide bonds. The lowest BCUT2D eigenvalue weighted by Crippen LogP contribution is -2.55. The van der Waals surface area contributed by atoms with Crippen molar-refractivity contribution in [1.29, 1.82) is 0 Å². The summed E-state index contributed by atoms with van der Waals surface area (Å²) in [5.74, 6) is 0.442. The number of ether oxygens (including phenoxy) is 1.